The van der Waals surface area contributed by atoms with Crippen LogP contribution in [-0.2, 0) is 17.8 Å². The number of nitrogens with one attached hydrogen (secondary N) is 1. The molecule has 2 aromatic carbocycles. The average molecular weight is 397 g/mol. The van der Waals surface area contributed by atoms with E-state index >= 15 is 0 Å². The normalized spacial score (nSPS) is 10.7. The average Bonchev–Trinajstić information content (AvgIpc) is 2.75. The Morgan fingerprint density at radius 3 is 2.43 bits per heavy atom. The van der Waals surface area contributed by atoms with Crippen molar-refractivity contribution in [1.82, 2.24) is 10.3 Å². The number of aromatic nitrogens is 1. The molecule has 146 valence electrons. The lowest BCUT2D eigenvalue weighted by atomic mass is 10.1. The number of thioether (sulfide) groups is 1. The van der Waals surface area contributed by atoms with Gasteiger partial charge in [-0.05, 0) is 53.9 Å². The van der Waals surface area contributed by atoms with E-state index in [2.05, 4.69) is 18.3 Å². The summed E-state index contributed by atoms with van der Waals surface area (Å²) in [6.07, 6.45) is 0.857. The lowest BCUT2D eigenvalue weighted by molar-refractivity contribution is -0.118. The Balaban J connectivity index is 1.62. The number of fused-ring (bicyclic) bond motifs is 1. The number of methoxy groups -OCH3 is 2. The first-order valence-electron chi connectivity index (χ1n) is 9.13. The minimum absolute atomic E-state index is 0.0144. The highest BCUT2D eigenvalue weighted by molar-refractivity contribution is 7.99. The highest BCUT2D eigenvalue weighted by Gasteiger charge is 2.10. The molecule has 1 N–H and O–H groups in total. The molecule has 0 saturated carbocycles. The number of carbonyl (C=O) groups is 1. The van der Waals surface area contributed by atoms with Crippen molar-refractivity contribution >= 4 is 28.6 Å². The van der Waals surface area contributed by atoms with Gasteiger partial charge in [-0.1, -0.05) is 30.8 Å². The van der Waals surface area contributed by atoms with Crippen LogP contribution in [-0.4, -0.2) is 30.9 Å². The van der Waals surface area contributed by atoms with Gasteiger partial charge >= 0.3 is 0 Å². The van der Waals surface area contributed by atoms with Crippen LogP contribution in [0.5, 0.6) is 11.5 Å². The molecule has 0 spiro atoms. The van der Waals surface area contributed by atoms with E-state index in [1.165, 1.54) is 11.8 Å². The maximum absolute atomic E-state index is 12.3. The molecule has 0 bridgehead atoms. The quantitative estimate of drug-likeness (QED) is 0.578. The van der Waals surface area contributed by atoms with Gasteiger partial charge in [0.15, 0.2) is 0 Å². The van der Waals surface area contributed by atoms with Crippen LogP contribution in [0.4, 0.5) is 0 Å². The summed E-state index contributed by atoms with van der Waals surface area (Å²) in [6.45, 7) is 2.59. The second-order valence-corrected chi connectivity index (χ2v) is 7.24. The standard InChI is InChI=1S/C22H24N2O3S/c1-4-16-11-17-12-19(27-3)9-10-20(17)24-22(16)28-14-21(25)23-13-15-5-7-18(26-2)8-6-15/h5-12H,4,13-14H2,1-3H3,(H,23,25). The maximum Gasteiger partial charge on any atom is 0.230 e. The van der Waals surface area contributed by atoms with Crippen molar-refractivity contribution in [2.45, 2.75) is 24.9 Å². The first kappa shape index (κ1) is 20.0. The fraction of sp³-hybridized carbons (Fsp3) is 0.273. The molecule has 0 radical (unpaired) electrons. The van der Waals surface area contributed by atoms with Crippen molar-refractivity contribution in [2.24, 2.45) is 0 Å². The van der Waals surface area contributed by atoms with Crippen molar-refractivity contribution < 1.29 is 14.3 Å². The summed E-state index contributed by atoms with van der Waals surface area (Å²) in [4.78, 5) is 17.0. The Kier molecular flexibility index (Phi) is 6.76. The Hall–Kier alpha value is -2.73. The SMILES string of the molecule is CCc1cc2cc(OC)ccc2nc1SCC(=O)NCc1ccc(OC)cc1. The van der Waals surface area contributed by atoms with Crippen LogP contribution in [0.3, 0.4) is 0 Å². The van der Waals surface area contributed by atoms with Crippen molar-refractivity contribution in [3.8, 4) is 11.5 Å². The van der Waals surface area contributed by atoms with Gasteiger partial charge in [0.1, 0.15) is 16.5 Å². The Morgan fingerprint density at radius 1 is 1.04 bits per heavy atom. The number of hydrogen-bond donors (Lipinski definition) is 1. The number of aryl methyl sites for hydroxylation is 1. The highest BCUT2D eigenvalue weighted by atomic mass is 32.2. The summed E-state index contributed by atoms with van der Waals surface area (Å²) in [7, 11) is 3.29. The van der Waals surface area contributed by atoms with Crippen molar-refractivity contribution in [2.75, 3.05) is 20.0 Å². The molecule has 3 aromatic rings. The Morgan fingerprint density at radius 2 is 1.75 bits per heavy atom. The van der Waals surface area contributed by atoms with Crippen LogP contribution < -0.4 is 14.8 Å². The van der Waals surface area contributed by atoms with Crippen LogP contribution in [0.1, 0.15) is 18.1 Å². The van der Waals surface area contributed by atoms with E-state index in [-0.39, 0.29) is 5.91 Å². The van der Waals surface area contributed by atoms with Crippen LogP contribution in [0.2, 0.25) is 0 Å². The molecule has 0 atom stereocenters. The van der Waals surface area contributed by atoms with Crippen LogP contribution >= 0.6 is 11.8 Å². The number of benzene rings is 2. The van der Waals surface area contributed by atoms with Gasteiger partial charge in [0.05, 0.1) is 25.5 Å². The largest absolute Gasteiger partial charge is 0.497 e. The molecule has 6 heteroatoms. The number of carbonyl (C=O) groups excluding carboxylic acids is 1. The summed E-state index contributed by atoms with van der Waals surface area (Å²) in [5.41, 5.74) is 3.07. The Bertz CT molecular complexity index is 958. The van der Waals surface area contributed by atoms with Gasteiger partial charge in [0.25, 0.3) is 0 Å². The summed E-state index contributed by atoms with van der Waals surface area (Å²) in [5, 5.41) is 4.90. The van der Waals surface area contributed by atoms with Crippen LogP contribution in [0, 0.1) is 0 Å². The minimum atomic E-state index is -0.0144. The number of hydrogen-bond acceptors (Lipinski definition) is 5. The zero-order chi connectivity index (χ0) is 19.9. The molecule has 1 heterocycles. The second-order valence-electron chi connectivity index (χ2n) is 6.28. The lowest BCUT2D eigenvalue weighted by Gasteiger charge is -2.10. The van der Waals surface area contributed by atoms with Crippen molar-refractivity contribution in [3.05, 3.63) is 59.7 Å². The predicted octanol–water partition coefficient (Wildman–Crippen LogP) is 4.22. The van der Waals surface area contributed by atoms with E-state index in [0.717, 1.165) is 45.0 Å². The number of nitrogens with zero attached hydrogens (tertiary/aromatic N) is 1. The monoisotopic (exact) mass is 396 g/mol. The molecular weight excluding hydrogens is 372 g/mol. The van der Waals surface area contributed by atoms with E-state index < -0.39 is 0 Å². The van der Waals surface area contributed by atoms with Crippen LogP contribution in [0.15, 0.2) is 53.6 Å². The zero-order valence-corrected chi connectivity index (χ0v) is 17.1. The second kappa shape index (κ2) is 9.46. The molecule has 0 saturated heterocycles. The molecule has 5 nitrogen and oxygen atoms in total. The fourth-order valence-electron chi connectivity index (χ4n) is 2.81. The number of rotatable bonds is 8. The molecule has 0 aliphatic rings. The zero-order valence-electron chi connectivity index (χ0n) is 16.3. The summed E-state index contributed by atoms with van der Waals surface area (Å²) in [5.74, 6) is 1.93. The topological polar surface area (TPSA) is 60.5 Å². The van der Waals surface area contributed by atoms with E-state index in [9.17, 15) is 4.79 Å². The third-order valence-corrected chi connectivity index (χ3v) is 5.46. The molecule has 0 aliphatic carbocycles. The van der Waals surface area contributed by atoms with E-state index in [1.807, 2.05) is 42.5 Å². The van der Waals surface area contributed by atoms with E-state index in [0.29, 0.717) is 12.3 Å². The van der Waals surface area contributed by atoms with E-state index in [1.54, 1.807) is 14.2 Å². The molecule has 3 rings (SSSR count). The van der Waals surface area contributed by atoms with Gasteiger partial charge in [0, 0.05) is 11.9 Å². The van der Waals surface area contributed by atoms with Crippen molar-refractivity contribution in [1.29, 1.82) is 0 Å². The fourth-order valence-corrected chi connectivity index (χ4v) is 3.74. The van der Waals surface area contributed by atoms with Gasteiger partial charge in [-0.2, -0.15) is 0 Å². The summed E-state index contributed by atoms with van der Waals surface area (Å²) >= 11 is 1.47. The van der Waals surface area contributed by atoms with Gasteiger partial charge in [-0.15, -0.1) is 0 Å². The lowest BCUT2D eigenvalue weighted by Crippen LogP contribution is -2.24. The molecular formula is C22H24N2O3S. The molecule has 1 aromatic heterocycles. The highest BCUT2D eigenvalue weighted by Crippen LogP contribution is 2.27. The first-order chi connectivity index (χ1) is 13.6. The van der Waals surface area contributed by atoms with Gasteiger partial charge in [0.2, 0.25) is 5.91 Å². The van der Waals surface area contributed by atoms with Gasteiger partial charge < -0.3 is 14.8 Å². The molecule has 1 amide bonds. The number of pyridine rings is 1. The summed E-state index contributed by atoms with van der Waals surface area (Å²) < 4.78 is 10.4. The Labute approximate surface area is 169 Å². The predicted molar refractivity (Wildman–Crippen MR) is 113 cm³/mol. The molecule has 0 fully saturated rings. The third-order valence-electron chi connectivity index (χ3n) is 4.43. The van der Waals surface area contributed by atoms with Gasteiger partial charge in [-0.3, -0.25) is 4.79 Å². The van der Waals surface area contributed by atoms with Gasteiger partial charge in [-0.25, -0.2) is 4.98 Å². The van der Waals surface area contributed by atoms with Crippen molar-refractivity contribution in [3.63, 3.8) is 0 Å². The smallest absolute Gasteiger partial charge is 0.230 e. The molecule has 0 unspecified atom stereocenters. The molecule has 28 heavy (non-hydrogen) atoms. The van der Waals surface area contributed by atoms with E-state index in [4.69, 9.17) is 14.5 Å². The summed E-state index contributed by atoms with van der Waals surface area (Å²) in [6, 6.07) is 15.6. The number of amides is 1. The number of ether oxygens (including phenoxy) is 2. The molecule has 0 aliphatic heterocycles. The maximum atomic E-state index is 12.3. The minimum Gasteiger partial charge on any atom is -0.497 e. The first-order valence-corrected chi connectivity index (χ1v) is 10.1. The third kappa shape index (κ3) is 4.95. The van der Waals surface area contributed by atoms with Crippen LogP contribution in [0.25, 0.3) is 10.9 Å².